The molecule has 0 unspecified atom stereocenters. The van der Waals surface area contributed by atoms with Crippen LogP contribution in [0, 0.1) is 5.41 Å². The molecule has 1 aliphatic heterocycles. The molecule has 0 atom stereocenters. The molecule has 0 bridgehead atoms. The number of carbonyl (C=O) groups is 2. The zero-order chi connectivity index (χ0) is 24.9. The summed E-state index contributed by atoms with van der Waals surface area (Å²) in [5.74, 6) is -2.59. The molecule has 9 heteroatoms. The van der Waals surface area contributed by atoms with Gasteiger partial charge in [0.2, 0.25) is 0 Å². The average molecular weight is 469 g/mol. The number of allylic oxidation sites excluding steroid dienone is 2. The van der Waals surface area contributed by atoms with Crippen molar-refractivity contribution in [2.75, 3.05) is 24.1 Å². The largest absolute Gasteiger partial charge is 0.480 e. The molecule has 1 aromatic rings. The third kappa shape index (κ3) is 5.43. The Kier molecular flexibility index (Phi) is 7.68. The van der Waals surface area contributed by atoms with Crippen molar-refractivity contribution in [2.45, 2.75) is 37.9 Å². The minimum atomic E-state index is -1.70. The van der Waals surface area contributed by atoms with E-state index in [0.29, 0.717) is 17.0 Å². The predicted octanol–water partition coefficient (Wildman–Crippen LogP) is 2.91. The van der Waals surface area contributed by atoms with Gasteiger partial charge in [-0.25, -0.2) is 0 Å². The molecular weight excluding hydrogens is 436 g/mol. The van der Waals surface area contributed by atoms with Gasteiger partial charge >= 0.3 is 11.9 Å². The highest BCUT2D eigenvalue weighted by molar-refractivity contribution is 5.99. The first-order valence-electron chi connectivity index (χ1n) is 11.1. The quantitative estimate of drug-likeness (QED) is 0.198. The summed E-state index contributed by atoms with van der Waals surface area (Å²) in [5, 5.41) is 21.6. The second-order valence-electron chi connectivity index (χ2n) is 8.68. The molecule has 1 aliphatic carbocycles. The summed E-state index contributed by atoms with van der Waals surface area (Å²) in [6.45, 7) is 9.63. The normalized spacial score (nSPS) is 18.9. The number of nitrogens with zero attached hydrogens (tertiary/aromatic N) is 1. The predicted molar refractivity (Wildman–Crippen MR) is 131 cm³/mol. The first-order chi connectivity index (χ1) is 16.2. The third-order valence-corrected chi connectivity index (χ3v) is 6.43. The van der Waals surface area contributed by atoms with Gasteiger partial charge in [0.25, 0.3) is 0 Å². The molecule has 3 rings (SSSR count). The highest BCUT2D eigenvalue weighted by atomic mass is 16.5. The van der Waals surface area contributed by atoms with Crippen LogP contribution < -0.4 is 16.8 Å². The minimum Gasteiger partial charge on any atom is -0.480 e. The Balaban J connectivity index is 1.46. The molecule has 0 radical (unpaired) electrons. The van der Waals surface area contributed by atoms with E-state index in [1.54, 1.807) is 6.07 Å². The number of carboxylic acid groups (broad SMARTS) is 2. The van der Waals surface area contributed by atoms with Crippen molar-refractivity contribution in [1.82, 2.24) is 4.90 Å². The van der Waals surface area contributed by atoms with Gasteiger partial charge in [0.15, 0.2) is 5.41 Å². The fraction of sp³-hybridized carbons (Fsp3) is 0.360. The van der Waals surface area contributed by atoms with Gasteiger partial charge in [-0.05, 0) is 37.1 Å². The van der Waals surface area contributed by atoms with Gasteiger partial charge in [0.05, 0.1) is 23.6 Å². The third-order valence-electron chi connectivity index (χ3n) is 6.43. The van der Waals surface area contributed by atoms with Crippen LogP contribution in [0.4, 0.5) is 11.4 Å². The van der Waals surface area contributed by atoms with E-state index in [1.165, 1.54) is 6.20 Å². The topological polar surface area (TPSA) is 151 Å². The molecule has 1 saturated heterocycles. The summed E-state index contributed by atoms with van der Waals surface area (Å²) < 4.78 is 5.97. The molecule has 2 fully saturated rings. The molecule has 182 valence electrons. The number of anilines is 2. The van der Waals surface area contributed by atoms with Crippen molar-refractivity contribution < 1.29 is 24.5 Å². The SMILES string of the molecule is C=C(Nc1ccccc1N)C(/C=C\C(=C)N1CCC(OC2CC(C(=O)O)(C(=O)O)C2)CC1)=C/N. The van der Waals surface area contributed by atoms with E-state index < -0.39 is 17.4 Å². The van der Waals surface area contributed by atoms with Gasteiger partial charge in [-0.15, -0.1) is 0 Å². The molecule has 2 aliphatic rings. The summed E-state index contributed by atoms with van der Waals surface area (Å²) in [4.78, 5) is 24.7. The molecule has 9 nitrogen and oxygen atoms in total. The average Bonchev–Trinajstić information content (AvgIpc) is 2.77. The number of rotatable bonds is 10. The van der Waals surface area contributed by atoms with E-state index in [-0.39, 0.29) is 25.0 Å². The fourth-order valence-electron chi connectivity index (χ4n) is 4.20. The number of carboxylic acids is 2. The molecule has 1 heterocycles. The number of aliphatic carboxylic acids is 2. The highest BCUT2D eigenvalue weighted by Crippen LogP contribution is 2.44. The summed E-state index contributed by atoms with van der Waals surface area (Å²) in [6, 6.07) is 7.39. The highest BCUT2D eigenvalue weighted by Gasteiger charge is 2.57. The molecule has 0 spiro atoms. The van der Waals surface area contributed by atoms with Crippen LogP contribution in [-0.2, 0) is 14.3 Å². The molecular formula is C25H32N4O5. The second-order valence-corrected chi connectivity index (χ2v) is 8.68. The number of hydrogen-bond donors (Lipinski definition) is 5. The summed E-state index contributed by atoms with van der Waals surface area (Å²) >= 11 is 0. The summed E-state index contributed by atoms with van der Waals surface area (Å²) in [6.07, 6.45) is 6.33. The van der Waals surface area contributed by atoms with Crippen LogP contribution in [0.3, 0.4) is 0 Å². The maximum atomic E-state index is 11.3. The van der Waals surface area contributed by atoms with Crippen molar-refractivity contribution in [1.29, 1.82) is 0 Å². The summed E-state index contributed by atoms with van der Waals surface area (Å²) in [7, 11) is 0. The van der Waals surface area contributed by atoms with Crippen LogP contribution in [0.25, 0.3) is 0 Å². The lowest BCUT2D eigenvalue weighted by Crippen LogP contribution is -2.54. The summed E-state index contributed by atoms with van der Waals surface area (Å²) in [5.41, 5.74) is 13.5. The lowest BCUT2D eigenvalue weighted by molar-refractivity contribution is -0.190. The van der Waals surface area contributed by atoms with E-state index >= 15 is 0 Å². The first-order valence-corrected chi connectivity index (χ1v) is 11.1. The zero-order valence-corrected chi connectivity index (χ0v) is 19.1. The Morgan fingerprint density at radius 3 is 2.26 bits per heavy atom. The lowest BCUT2D eigenvalue weighted by atomic mass is 9.66. The Hall–Kier alpha value is -3.72. The van der Waals surface area contributed by atoms with Crippen LogP contribution in [0.15, 0.2) is 72.7 Å². The number of nitrogens with two attached hydrogens (primary N) is 2. The maximum Gasteiger partial charge on any atom is 0.321 e. The van der Waals surface area contributed by atoms with Crippen LogP contribution in [0.1, 0.15) is 25.7 Å². The Labute approximate surface area is 199 Å². The van der Waals surface area contributed by atoms with Crippen molar-refractivity contribution >= 4 is 23.3 Å². The van der Waals surface area contributed by atoms with E-state index in [4.69, 9.17) is 16.2 Å². The maximum absolute atomic E-state index is 11.3. The lowest BCUT2D eigenvalue weighted by Gasteiger charge is -2.43. The van der Waals surface area contributed by atoms with E-state index in [2.05, 4.69) is 23.4 Å². The molecule has 7 N–H and O–H groups in total. The number of likely N-dealkylation sites (tertiary alicyclic amines) is 1. The second kappa shape index (κ2) is 10.5. The Morgan fingerprint density at radius 2 is 1.71 bits per heavy atom. The number of para-hydroxylation sites is 2. The number of ether oxygens (including phenoxy) is 1. The monoisotopic (exact) mass is 468 g/mol. The molecule has 0 amide bonds. The number of nitrogen functional groups attached to an aromatic ring is 1. The minimum absolute atomic E-state index is 0.00802. The van der Waals surface area contributed by atoms with Gasteiger partial charge in [-0.2, -0.15) is 0 Å². The number of benzene rings is 1. The van der Waals surface area contributed by atoms with Crippen LogP contribution in [-0.4, -0.2) is 52.3 Å². The molecule has 1 saturated carbocycles. The first kappa shape index (κ1) is 24.9. The Morgan fingerprint density at radius 1 is 1.09 bits per heavy atom. The van der Waals surface area contributed by atoms with Gasteiger partial charge < -0.3 is 36.6 Å². The fourth-order valence-corrected chi connectivity index (χ4v) is 4.20. The van der Waals surface area contributed by atoms with Gasteiger partial charge in [0.1, 0.15) is 0 Å². The van der Waals surface area contributed by atoms with Gasteiger partial charge in [-0.3, -0.25) is 9.59 Å². The van der Waals surface area contributed by atoms with E-state index in [1.807, 2.05) is 30.4 Å². The number of hydrogen-bond acceptors (Lipinski definition) is 7. The van der Waals surface area contributed by atoms with E-state index in [9.17, 15) is 19.8 Å². The van der Waals surface area contributed by atoms with Crippen molar-refractivity contribution in [3.05, 3.63) is 72.7 Å². The van der Waals surface area contributed by atoms with Crippen LogP contribution >= 0.6 is 0 Å². The number of piperidine rings is 1. The Bertz CT molecular complexity index is 1000. The van der Waals surface area contributed by atoms with E-state index in [0.717, 1.165) is 37.3 Å². The molecule has 0 aromatic heterocycles. The van der Waals surface area contributed by atoms with Crippen molar-refractivity contribution in [3.8, 4) is 0 Å². The zero-order valence-electron chi connectivity index (χ0n) is 19.1. The number of nitrogens with one attached hydrogen (secondary N) is 1. The standard InChI is InChI=1S/C25H32N4O5/c1-16(7-8-18(15-26)17(2)28-22-6-4-3-5-21(22)27)29-11-9-19(10-12-29)34-20-13-25(14-20,23(30)31)24(32)33/h3-8,15,19-20,28H,1-2,9-14,26-27H2,(H,30,31)(H,32,33)/b8-7-,18-15+. The molecule has 1 aromatic carbocycles. The van der Waals surface area contributed by atoms with Crippen molar-refractivity contribution in [3.63, 3.8) is 0 Å². The van der Waals surface area contributed by atoms with Gasteiger partial charge in [0, 0.05) is 49.1 Å². The van der Waals surface area contributed by atoms with Gasteiger partial charge in [-0.1, -0.05) is 25.3 Å². The van der Waals surface area contributed by atoms with Crippen LogP contribution in [0.5, 0.6) is 0 Å². The smallest absolute Gasteiger partial charge is 0.321 e. The van der Waals surface area contributed by atoms with Crippen molar-refractivity contribution in [2.24, 2.45) is 11.1 Å². The van der Waals surface area contributed by atoms with Crippen LogP contribution in [0.2, 0.25) is 0 Å². The molecule has 34 heavy (non-hydrogen) atoms.